The van der Waals surface area contributed by atoms with Gasteiger partial charge in [0.1, 0.15) is 0 Å². The maximum atomic E-state index is 13.0. The number of methoxy groups -OCH3 is 2. The Morgan fingerprint density at radius 1 is 1.22 bits per heavy atom. The van der Waals surface area contributed by atoms with Crippen LogP contribution in [0.1, 0.15) is 28.8 Å². The lowest BCUT2D eigenvalue weighted by molar-refractivity contribution is -0.133. The quantitative estimate of drug-likeness (QED) is 0.807. The molecule has 0 radical (unpaired) electrons. The lowest BCUT2D eigenvalue weighted by Crippen LogP contribution is -2.50. The number of carbonyl (C=O) groups excluding carboxylic acids is 1. The summed E-state index contributed by atoms with van der Waals surface area (Å²) in [6.07, 6.45) is 2.30. The molecule has 3 heterocycles. The van der Waals surface area contributed by atoms with Crippen molar-refractivity contribution in [2.24, 2.45) is 0 Å². The molecule has 0 unspecified atom stereocenters. The molecule has 1 spiro atoms. The van der Waals surface area contributed by atoms with E-state index in [1.165, 1.54) is 5.56 Å². The third-order valence-corrected chi connectivity index (χ3v) is 6.62. The molecule has 1 amide bonds. The summed E-state index contributed by atoms with van der Waals surface area (Å²) in [7, 11) is 3.32. The standard InChI is InChI=1S/C21H25NO4S/c1-24-18-10-15-13-22(20(23)11-16-4-3-9-27-16)14-21(5-7-26-8-6-21)17(15)12-19(18)25-2/h3-4,9-10,12H,5-8,11,13-14H2,1-2H3. The van der Waals surface area contributed by atoms with Gasteiger partial charge in [0.25, 0.3) is 0 Å². The van der Waals surface area contributed by atoms with Gasteiger partial charge in [-0.25, -0.2) is 0 Å². The Bertz CT molecular complexity index is 812. The van der Waals surface area contributed by atoms with Gasteiger partial charge in [0.05, 0.1) is 20.6 Å². The number of amides is 1. The first-order chi connectivity index (χ1) is 13.1. The van der Waals surface area contributed by atoms with Crippen molar-refractivity contribution in [3.63, 3.8) is 0 Å². The molecule has 27 heavy (non-hydrogen) atoms. The highest BCUT2D eigenvalue weighted by Gasteiger charge is 2.43. The average molecular weight is 388 g/mol. The van der Waals surface area contributed by atoms with Gasteiger partial charge in [-0.2, -0.15) is 0 Å². The number of benzene rings is 1. The molecule has 1 saturated heterocycles. The molecule has 0 saturated carbocycles. The lowest BCUT2D eigenvalue weighted by Gasteiger charge is -2.46. The first-order valence-electron chi connectivity index (χ1n) is 9.28. The maximum Gasteiger partial charge on any atom is 0.228 e. The van der Waals surface area contributed by atoms with Gasteiger partial charge in [-0.3, -0.25) is 4.79 Å². The Hall–Kier alpha value is -2.05. The third kappa shape index (κ3) is 3.44. The number of rotatable bonds is 4. The smallest absolute Gasteiger partial charge is 0.228 e. The van der Waals surface area contributed by atoms with Gasteiger partial charge in [0, 0.05) is 36.6 Å². The molecule has 2 aromatic rings. The Balaban J connectivity index is 1.70. The molecule has 6 heteroatoms. The molecular weight excluding hydrogens is 362 g/mol. The summed E-state index contributed by atoms with van der Waals surface area (Å²) in [4.78, 5) is 16.1. The minimum atomic E-state index is -0.0729. The normalized spacial score (nSPS) is 18.2. The van der Waals surface area contributed by atoms with Crippen molar-refractivity contribution >= 4 is 17.2 Å². The zero-order chi connectivity index (χ0) is 18.9. The van der Waals surface area contributed by atoms with Crippen LogP contribution in [0.2, 0.25) is 0 Å². The van der Waals surface area contributed by atoms with E-state index in [2.05, 4.69) is 6.07 Å². The predicted octanol–water partition coefficient (Wildman–Crippen LogP) is 3.40. The molecule has 144 valence electrons. The van der Waals surface area contributed by atoms with Crippen LogP contribution < -0.4 is 9.47 Å². The molecule has 0 N–H and O–H groups in total. The Morgan fingerprint density at radius 3 is 2.63 bits per heavy atom. The zero-order valence-corrected chi connectivity index (χ0v) is 16.6. The van der Waals surface area contributed by atoms with Gasteiger partial charge >= 0.3 is 0 Å². The van der Waals surface area contributed by atoms with E-state index < -0.39 is 0 Å². The average Bonchev–Trinajstić information content (AvgIpc) is 3.20. The van der Waals surface area contributed by atoms with Gasteiger partial charge in [0.2, 0.25) is 5.91 Å². The van der Waals surface area contributed by atoms with Crippen LogP contribution >= 0.6 is 11.3 Å². The Labute approximate surface area is 163 Å². The van der Waals surface area contributed by atoms with Crippen LogP contribution in [-0.4, -0.2) is 44.8 Å². The fraction of sp³-hybridized carbons (Fsp3) is 0.476. The summed E-state index contributed by atoms with van der Waals surface area (Å²) in [5.41, 5.74) is 2.36. The van der Waals surface area contributed by atoms with Crippen LogP contribution in [0.3, 0.4) is 0 Å². The number of thiophene rings is 1. The molecule has 0 bridgehead atoms. The van der Waals surface area contributed by atoms with E-state index >= 15 is 0 Å². The monoisotopic (exact) mass is 387 g/mol. The van der Waals surface area contributed by atoms with Crippen LogP contribution in [0, 0.1) is 0 Å². The second-order valence-corrected chi connectivity index (χ2v) is 8.30. The molecule has 1 aromatic carbocycles. The molecule has 2 aliphatic heterocycles. The SMILES string of the molecule is COc1cc2c(cc1OC)C1(CCOCC1)CN(C(=O)Cc1cccs1)C2. The summed E-state index contributed by atoms with van der Waals surface area (Å²) < 4.78 is 16.7. The van der Waals surface area contributed by atoms with Crippen LogP contribution in [-0.2, 0) is 27.9 Å². The minimum Gasteiger partial charge on any atom is -0.493 e. The highest BCUT2D eigenvalue weighted by molar-refractivity contribution is 7.10. The van der Waals surface area contributed by atoms with Gasteiger partial charge in [0.15, 0.2) is 11.5 Å². The highest BCUT2D eigenvalue weighted by atomic mass is 32.1. The van der Waals surface area contributed by atoms with Crippen LogP contribution in [0.25, 0.3) is 0 Å². The first-order valence-corrected chi connectivity index (χ1v) is 10.2. The van der Waals surface area contributed by atoms with Crippen molar-refractivity contribution < 1.29 is 19.0 Å². The second-order valence-electron chi connectivity index (χ2n) is 7.26. The Kier molecular flexibility index (Phi) is 5.10. The molecule has 5 nitrogen and oxygen atoms in total. The van der Waals surface area contributed by atoms with Gasteiger partial charge in [-0.05, 0) is 47.5 Å². The van der Waals surface area contributed by atoms with Crippen molar-refractivity contribution in [2.75, 3.05) is 34.0 Å². The molecular formula is C21H25NO4S. The summed E-state index contributed by atoms with van der Waals surface area (Å²) in [5, 5.41) is 2.02. The summed E-state index contributed by atoms with van der Waals surface area (Å²) in [6.45, 7) is 2.80. The van der Waals surface area contributed by atoms with E-state index in [1.54, 1.807) is 25.6 Å². The van der Waals surface area contributed by atoms with E-state index in [0.717, 1.165) is 48.8 Å². The zero-order valence-electron chi connectivity index (χ0n) is 15.8. The van der Waals surface area contributed by atoms with Crippen molar-refractivity contribution in [3.05, 3.63) is 45.6 Å². The molecule has 0 aliphatic carbocycles. The van der Waals surface area contributed by atoms with E-state index in [9.17, 15) is 4.79 Å². The van der Waals surface area contributed by atoms with E-state index in [0.29, 0.717) is 18.7 Å². The predicted molar refractivity (Wildman–Crippen MR) is 105 cm³/mol. The molecule has 0 atom stereocenters. The number of carbonyl (C=O) groups is 1. The Morgan fingerprint density at radius 2 is 1.96 bits per heavy atom. The third-order valence-electron chi connectivity index (χ3n) is 5.74. The lowest BCUT2D eigenvalue weighted by atomic mass is 9.69. The number of nitrogens with zero attached hydrogens (tertiary/aromatic N) is 1. The van der Waals surface area contributed by atoms with Crippen molar-refractivity contribution in [1.29, 1.82) is 0 Å². The van der Waals surface area contributed by atoms with E-state index in [1.807, 2.05) is 28.5 Å². The maximum absolute atomic E-state index is 13.0. The fourth-order valence-electron chi connectivity index (χ4n) is 4.30. The summed E-state index contributed by atoms with van der Waals surface area (Å²) >= 11 is 1.63. The van der Waals surface area contributed by atoms with Crippen molar-refractivity contribution in [1.82, 2.24) is 4.90 Å². The topological polar surface area (TPSA) is 48.0 Å². The number of fused-ring (bicyclic) bond motifs is 2. The molecule has 1 aromatic heterocycles. The number of ether oxygens (including phenoxy) is 3. The van der Waals surface area contributed by atoms with Gasteiger partial charge < -0.3 is 19.1 Å². The molecule has 2 aliphatic rings. The number of hydrogen-bond acceptors (Lipinski definition) is 5. The molecule has 4 rings (SSSR count). The van der Waals surface area contributed by atoms with E-state index in [4.69, 9.17) is 14.2 Å². The van der Waals surface area contributed by atoms with Crippen LogP contribution in [0.15, 0.2) is 29.6 Å². The van der Waals surface area contributed by atoms with Crippen molar-refractivity contribution in [3.8, 4) is 11.5 Å². The minimum absolute atomic E-state index is 0.0729. The van der Waals surface area contributed by atoms with Crippen LogP contribution in [0.5, 0.6) is 11.5 Å². The van der Waals surface area contributed by atoms with Gasteiger partial charge in [-0.15, -0.1) is 11.3 Å². The largest absolute Gasteiger partial charge is 0.493 e. The molecule has 1 fully saturated rings. The van der Waals surface area contributed by atoms with E-state index in [-0.39, 0.29) is 11.3 Å². The highest BCUT2D eigenvalue weighted by Crippen LogP contribution is 2.45. The first kappa shape index (κ1) is 18.3. The number of hydrogen-bond donors (Lipinski definition) is 0. The summed E-state index contributed by atoms with van der Waals surface area (Å²) in [5.74, 6) is 1.65. The van der Waals surface area contributed by atoms with Gasteiger partial charge in [-0.1, -0.05) is 6.07 Å². The second kappa shape index (κ2) is 7.52. The van der Waals surface area contributed by atoms with Crippen molar-refractivity contribution in [2.45, 2.75) is 31.2 Å². The summed E-state index contributed by atoms with van der Waals surface area (Å²) in [6, 6.07) is 8.17. The van der Waals surface area contributed by atoms with Crippen LogP contribution in [0.4, 0.5) is 0 Å². The fourth-order valence-corrected chi connectivity index (χ4v) is 4.99.